The van der Waals surface area contributed by atoms with Gasteiger partial charge < -0.3 is 5.32 Å². The molecular formula is C15H18ClN3. The van der Waals surface area contributed by atoms with E-state index in [0.29, 0.717) is 11.3 Å². The number of rotatable bonds is 2. The summed E-state index contributed by atoms with van der Waals surface area (Å²) in [5.74, 6) is 1.72. The van der Waals surface area contributed by atoms with Crippen LogP contribution in [0.2, 0.25) is 5.28 Å². The van der Waals surface area contributed by atoms with Gasteiger partial charge in [-0.3, -0.25) is 0 Å². The van der Waals surface area contributed by atoms with Gasteiger partial charge in [0.05, 0.1) is 5.52 Å². The van der Waals surface area contributed by atoms with Crippen molar-refractivity contribution in [1.82, 2.24) is 9.97 Å². The minimum absolute atomic E-state index is 0.311. The first-order chi connectivity index (χ1) is 9.22. The van der Waals surface area contributed by atoms with Gasteiger partial charge in [0.1, 0.15) is 5.82 Å². The topological polar surface area (TPSA) is 37.8 Å². The van der Waals surface area contributed by atoms with E-state index >= 15 is 0 Å². The third kappa shape index (κ3) is 2.81. The van der Waals surface area contributed by atoms with Crippen LogP contribution >= 0.6 is 11.6 Å². The quantitative estimate of drug-likeness (QED) is 0.832. The van der Waals surface area contributed by atoms with Gasteiger partial charge in [0, 0.05) is 11.4 Å². The Balaban J connectivity index is 1.88. The molecule has 1 aliphatic rings. The fourth-order valence-electron chi connectivity index (χ4n) is 2.76. The minimum atomic E-state index is 0.311. The van der Waals surface area contributed by atoms with Crippen LogP contribution in [0.4, 0.5) is 5.82 Å². The van der Waals surface area contributed by atoms with E-state index in [1.807, 2.05) is 24.3 Å². The molecule has 1 fully saturated rings. The minimum Gasteiger partial charge on any atom is -0.367 e. The first kappa shape index (κ1) is 12.7. The number of nitrogens with one attached hydrogen (secondary N) is 1. The molecule has 3 rings (SSSR count). The van der Waals surface area contributed by atoms with Crippen LogP contribution in [0.5, 0.6) is 0 Å². The molecule has 2 aromatic rings. The molecule has 0 unspecified atom stereocenters. The Morgan fingerprint density at radius 3 is 2.63 bits per heavy atom. The van der Waals surface area contributed by atoms with Crippen LogP contribution in [-0.4, -0.2) is 16.0 Å². The van der Waals surface area contributed by atoms with Crippen LogP contribution in [0.3, 0.4) is 0 Å². The fraction of sp³-hybridized carbons (Fsp3) is 0.467. The van der Waals surface area contributed by atoms with Crippen molar-refractivity contribution in [2.24, 2.45) is 5.92 Å². The van der Waals surface area contributed by atoms with Gasteiger partial charge in [0.15, 0.2) is 0 Å². The van der Waals surface area contributed by atoms with Gasteiger partial charge in [-0.05, 0) is 55.3 Å². The Morgan fingerprint density at radius 1 is 1.11 bits per heavy atom. The number of halogens is 1. The Kier molecular flexibility index (Phi) is 3.56. The second-order valence-electron chi connectivity index (χ2n) is 5.46. The van der Waals surface area contributed by atoms with Gasteiger partial charge in [-0.1, -0.05) is 19.1 Å². The van der Waals surface area contributed by atoms with Crippen molar-refractivity contribution in [3.8, 4) is 0 Å². The third-order valence-electron chi connectivity index (χ3n) is 3.93. The highest BCUT2D eigenvalue weighted by molar-refractivity contribution is 6.28. The molecule has 1 aliphatic carbocycles. The van der Waals surface area contributed by atoms with Gasteiger partial charge in [-0.15, -0.1) is 0 Å². The molecule has 1 aromatic carbocycles. The van der Waals surface area contributed by atoms with E-state index in [4.69, 9.17) is 11.6 Å². The van der Waals surface area contributed by atoms with Gasteiger partial charge >= 0.3 is 0 Å². The zero-order valence-electron chi connectivity index (χ0n) is 11.1. The Hall–Kier alpha value is -1.35. The molecule has 0 saturated heterocycles. The Labute approximate surface area is 118 Å². The van der Waals surface area contributed by atoms with Gasteiger partial charge in [0.2, 0.25) is 5.28 Å². The molecule has 0 amide bonds. The zero-order chi connectivity index (χ0) is 13.2. The molecule has 1 saturated carbocycles. The fourth-order valence-corrected chi connectivity index (χ4v) is 2.93. The van der Waals surface area contributed by atoms with E-state index in [1.54, 1.807) is 0 Å². The van der Waals surface area contributed by atoms with Gasteiger partial charge in [0.25, 0.3) is 0 Å². The second kappa shape index (κ2) is 5.33. The van der Waals surface area contributed by atoms with Gasteiger partial charge in [-0.2, -0.15) is 0 Å². The molecule has 0 aliphatic heterocycles. The summed E-state index contributed by atoms with van der Waals surface area (Å²) in [5, 5.41) is 4.91. The molecule has 0 atom stereocenters. The number of hydrogen-bond acceptors (Lipinski definition) is 3. The zero-order valence-corrected chi connectivity index (χ0v) is 11.8. The first-order valence-corrected chi connectivity index (χ1v) is 7.29. The first-order valence-electron chi connectivity index (χ1n) is 6.91. The molecule has 3 nitrogen and oxygen atoms in total. The lowest BCUT2D eigenvalue weighted by Crippen LogP contribution is -2.25. The summed E-state index contributed by atoms with van der Waals surface area (Å²) >= 11 is 6.00. The van der Waals surface area contributed by atoms with Crippen molar-refractivity contribution < 1.29 is 0 Å². The lowest BCUT2D eigenvalue weighted by Gasteiger charge is -2.27. The predicted octanol–water partition coefficient (Wildman–Crippen LogP) is 4.27. The van der Waals surface area contributed by atoms with Crippen molar-refractivity contribution in [3.63, 3.8) is 0 Å². The highest BCUT2D eigenvalue weighted by atomic mass is 35.5. The second-order valence-corrected chi connectivity index (χ2v) is 5.80. The predicted molar refractivity (Wildman–Crippen MR) is 79.6 cm³/mol. The van der Waals surface area contributed by atoms with Gasteiger partial charge in [-0.25, -0.2) is 9.97 Å². The number of aromatic nitrogens is 2. The molecule has 1 aromatic heterocycles. The molecule has 1 heterocycles. The standard InChI is InChI=1S/C15H18ClN3/c1-10-6-8-11(9-7-10)17-14-12-4-2-3-5-13(12)18-15(16)19-14/h2-5,10-11H,6-9H2,1H3,(H,17,18,19)/t10-,11-. The summed E-state index contributed by atoms with van der Waals surface area (Å²) in [6.07, 6.45) is 4.98. The molecular weight excluding hydrogens is 258 g/mol. The maximum absolute atomic E-state index is 6.00. The largest absolute Gasteiger partial charge is 0.367 e. The maximum Gasteiger partial charge on any atom is 0.224 e. The number of hydrogen-bond donors (Lipinski definition) is 1. The van der Waals surface area contributed by atoms with Crippen LogP contribution < -0.4 is 5.32 Å². The monoisotopic (exact) mass is 275 g/mol. The van der Waals surface area contributed by atoms with Crippen molar-refractivity contribution in [1.29, 1.82) is 0 Å². The number of para-hydroxylation sites is 1. The average Bonchev–Trinajstić information content (AvgIpc) is 2.41. The molecule has 4 heteroatoms. The third-order valence-corrected chi connectivity index (χ3v) is 4.10. The van der Waals surface area contributed by atoms with Crippen molar-refractivity contribution in [2.45, 2.75) is 38.6 Å². The molecule has 1 N–H and O–H groups in total. The number of anilines is 1. The summed E-state index contributed by atoms with van der Waals surface area (Å²) in [4.78, 5) is 8.61. The number of benzene rings is 1. The Morgan fingerprint density at radius 2 is 1.84 bits per heavy atom. The van der Waals surface area contributed by atoms with E-state index in [9.17, 15) is 0 Å². The highest BCUT2D eigenvalue weighted by Gasteiger charge is 2.19. The molecule has 100 valence electrons. The van der Waals surface area contributed by atoms with E-state index in [2.05, 4.69) is 22.2 Å². The van der Waals surface area contributed by atoms with Crippen LogP contribution in [0.25, 0.3) is 10.9 Å². The number of fused-ring (bicyclic) bond motifs is 1. The summed E-state index contributed by atoms with van der Waals surface area (Å²) < 4.78 is 0. The molecule has 0 bridgehead atoms. The van der Waals surface area contributed by atoms with Crippen molar-refractivity contribution in [2.75, 3.05) is 5.32 Å². The van der Waals surface area contributed by atoms with Crippen LogP contribution in [0, 0.1) is 5.92 Å². The molecule has 19 heavy (non-hydrogen) atoms. The summed E-state index contributed by atoms with van der Waals surface area (Å²) in [7, 11) is 0. The van der Waals surface area contributed by atoms with Crippen LogP contribution in [0.15, 0.2) is 24.3 Å². The average molecular weight is 276 g/mol. The van der Waals surface area contributed by atoms with E-state index < -0.39 is 0 Å². The normalized spacial score (nSPS) is 23.5. The Bertz CT molecular complexity index is 577. The van der Waals surface area contributed by atoms with Crippen molar-refractivity contribution in [3.05, 3.63) is 29.5 Å². The SMILES string of the molecule is C[C@H]1CC[C@H](Nc2nc(Cl)nc3ccccc23)CC1. The van der Waals surface area contributed by atoms with E-state index in [0.717, 1.165) is 22.6 Å². The maximum atomic E-state index is 6.00. The summed E-state index contributed by atoms with van der Waals surface area (Å²) in [6, 6.07) is 8.49. The lowest BCUT2D eigenvalue weighted by molar-refractivity contribution is 0.361. The number of nitrogens with zero attached hydrogens (tertiary/aromatic N) is 2. The van der Waals surface area contributed by atoms with Crippen LogP contribution in [-0.2, 0) is 0 Å². The summed E-state index contributed by atoms with van der Waals surface area (Å²) in [6.45, 7) is 2.33. The van der Waals surface area contributed by atoms with E-state index in [-0.39, 0.29) is 0 Å². The smallest absolute Gasteiger partial charge is 0.224 e. The van der Waals surface area contributed by atoms with Crippen molar-refractivity contribution >= 4 is 28.3 Å². The van der Waals surface area contributed by atoms with E-state index in [1.165, 1.54) is 25.7 Å². The highest BCUT2D eigenvalue weighted by Crippen LogP contribution is 2.28. The summed E-state index contributed by atoms with van der Waals surface area (Å²) in [5.41, 5.74) is 0.897. The lowest BCUT2D eigenvalue weighted by atomic mass is 9.87. The molecule has 0 radical (unpaired) electrons. The molecule has 0 spiro atoms. The van der Waals surface area contributed by atoms with Crippen LogP contribution in [0.1, 0.15) is 32.6 Å².